The fourth-order valence-electron chi connectivity index (χ4n) is 4.27. The molecule has 6 atom stereocenters. The maximum absolute atomic E-state index is 6.64. The highest BCUT2D eigenvalue weighted by Crippen LogP contribution is 2.48. The molecule has 0 aliphatic heterocycles. The summed E-state index contributed by atoms with van der Waals surface area (Å²) in [6, 6.07) is 0.414. The monoisotopic (exact) mass is 321 g/mol. The van der Waals surface area contributed by atoms with Crippen LogP contribution >= 0.6 is 0 Å². The summed E-state index contributed by atoms with van der Waals surface area (Å²) in [6.07, 6.45) is 12.6. The first kappa shape index (κ1) is 20.7. The average molecular weight is 322 g/mol. The maximum atomic E-state index is 6.64. The fraction of sp³-hybridized carbons (Fsp3) is 0.909. The minimum absolute atomic E-state index is 0.414. The molecule has 0 aromatic carbocycles. The number of allylic oxidation sites excluding steroid dienone is 1. The van der Waals surface area contributed by atoms with Crippen LogP contribution in [0.4, 0.5) is 0 Å². The van der Waals surface area contributed by atoms with Crippen molar-refractivity contribution in [3.63, 3.8) is 0 Å². The van der Waals surface area contributed by atoms with Crippen LogP contribution in [0, 0.1) is 35.5 Å². The molecule has 1 nitrogen and oxygen atoms in total. The molecule has 1 aliphatic rings. The van der Waals surface area contributed by atoms with Crippen LogP contribution in [0.3, 0.4) is 0 Å². The standard InChI is InChI=1S/C22H43N/c1-7-9-10-17(5)11-12-19(8-2)15-21(20-14-18(20)6)22(23)13-16(3)4/h7,16-22H,1,8-15,23H2,2-6H3. The molecule has 0 amide bonds. The Hall–Kier alpha value is -0.300. The van der Waals surface area contributed by atoms with E-state index in [1.54, 1.807) is 0 Å². The first-order valence-electron chi connectivity index (χ1n) is 10.2. The smallest absolute Gasteiger partial charge is 0.00724 e. The summed E-state index contributed by atoms with van der Waals surface area (Å²) in [5.74, 6) is 5.03. The Balaban J connectivity index is 2.49. The SMILES string of the molecule is C=CCCC(C)CCC(CC)CC(C(N)CC(C)C)C1CC1C. The van der Waals surface area contributed by atoms with Crippen LogP contribution in [0.25, 0.3) is 0 Å². The van der Waals surface area contributed by atoms with Crippen molar-refractivity contribution in [1.82, 2.24) is 0 Å². The summed E-state index contributed by atoms with van der Waals surface area (Å²) in [6.45, 7) is 15.7. The van der Waals surface area contributed by atoms with E-state index in [2.05, 4.69) is 47.3 Å². The van der Waals surface area contributed by atoms with Gasteiger partial charge in [0, 0.05) is 6.04 Å². The van der Waals surface area contributed by atoms with Gasteiger partial charge in [-0.15, -0.1) is 6.58 Å². The summed E-state index contributed by atoms with van der Waals surface area (Å²) in [5, 5.41) is 0. The number of rotatable bonds is 13. The van der Waals surface area contributed by atoms with Crippen LogP contribution in [0.1, 0.15) is 86.0 Å². The minimum atomic E-state index is 0.414. The summed E-state index contributed by atoms with van der Waals surface area (Å²) in [7, 11) is 0. The van der Waals surface area contributed by atoms with Crippen LogP contribution in [0.2, 0.25) is 0 Å². The molecular formula is C22H43N. The van der Waals surface area contributed by atoms with Gasteiger partial charge in [-0.2, -0.15) is 0 Å². The van der Waals surface area contributed by atoms with Crippen molar-refractivity contribution in [2.24, 2.45) is 41.2 Å². The fourth-order valence-corrected chi connectivity index (χ4v) is 4.27. The Morgan fingerprint density at radius 3 is 2.26 bits per heavy atom. The van der Waals surface area contributed by atoms with Gasteiger partial charge >= 0.3 is 0 Å². The maximum Gasteiger partial charge on any atom is 0.00724 e. The molecule has 1 heteroatoms. The largest absolute Gasteiger partial charge is 0.327 e. The van der Waals surface area contributed by atoms with Crippen molar-refractivity contribution in [3.05, 3.63) is 12.7 Å². The lowest BCUT2D eigenvalue weighted by molar-refractivity contribution is 0.239. The lowest BCUT2D eigenvalue weighted by Crippen LogP contribution is -2.34. The Bertz CT molecular complexity index is 322. The molecule has 0 saturated heterocycles. The van der Waals surface area contributed by atoms with Crippen molar-refractivity contribution in [2.45, 2.75) is 92.0 Å². The number of nitrogens with two attached hydrogens (primary N) is 1. The van der Waals surface area contributed by atoms with E-state index in [1.165, 1.54) is 51.4 Å². The van der Waals surface area contributed by atoms with E-state index in [0.29, 0.717) is 6.04 Å². The topological polar surface area (TPSA) is 26.0 Å². The van der Waals surface area contributed by atoms with Crippen molar-refractivity contribution in [2.75, 3.05) is 0 Å². The van der Waals surface area contributed by atoms with Crippen LogP contribution in [-0.4, -0.2) is 6.04 Å². The van der Waals surface area contributed by atoms with E-state index in [9.17, 15) is 0 Å². The third-order valence-electron chi connectivity index (χ3n) is 6.13. The molecule has 2 N–H and O–H groups in total. The molecule has 1 rings (SSSR count). The molecular weight excluding hydrogens is 278 g/mol. The quantitative estimate of drug-likeness (QED) is 0.389. The highest BCUT2D eigenvalue weighted by Gasteiger charge is 2.42. The molecule has 23 heavy (non-hydrogen) atoms. The van der Waals surface area contributed by atoms with Crippen LogP contribution in [0.5, 0.6) is 0 Å². The minimum Gasteiger partial charge on any atom is -0.327 e. The average Bonchev–Trinajstić information content (AvgIpc) is 3.21. The van der Waals surface area contributed by atoms with Gasteiger partial charge in [-0.1, -0.05) is 60.0 Å². The highest BCUT2D eigenvalue weighted by molar-refractivity contribution is 4.93. The predicted molar refractivity (Wildman–Crippen MR) is 104 cm³/mol. The van der Waals surface area contributed by atoms with E-state index in [0.717, 1.165) is 35.5 Å². The van der Waals surface area contributed by atoms with E-state index in [4.69, 9.17) is 5.73 Å². The van der Waals surface area contributed by atoms with Gasteiger partial charge < -0.3 is 5.73 Å². The molecule has 0 spiro atoms. The molecule has 0 bridgehead atoms. The van der Waals surface area contributed by atoms with Crippen LogP contribution in [0.15, 0.2) is 12.7 Å². The van der Waals surface area contributed by atoms with E-state index < -0.39 is 0 Å². The molecule has 1 fully saturated rings. The molecule has 1 saturated carbocycles. The molecule has 0 radical (unpaired) electrons. The third-order valence-corrected chi connectivity index (χ3v) is 6.13. The Morgan fingerprint density at radius 2 is 1.78 bits per heavy atom. The Morgan fingerprint density at radius 1 is 1.13 bits per heavy atom. The first-order valence-corrected chi connectivity index (χ1v) is 10.2. The summed E-state index contributed by atoms with van der Waals surface area (Å²) in [5.41, 5.74) is 6.64. The lowest BCUT2D eigenvalue weighted by atomic mass is 9.79. The van der Waals surface area contributed by atoms with Gasteiger partial charge in [0.15, 0.2) is 0 Å². The summed E-state index contributed by atoms with van der Waals surface area (Å²) >= 11 is 0. The van der Waals surface area contributed by atoms with Crippen molar-refractivity contribution in [1.29, 1.82) is 0 Å². The molecule has 0 heterocycles. The molecule has 0 aromatic heterocycles. The van der Waals surface area contributed by atoms with Gasteiger partial charge in [-0.05, 0) is 67.6 Å². The zero-order chi connectivity index (χ0) is 17.4. The molecule has 1 aliphatic carbocycles. The van der Waals surface area contributed by atoms with Gasteiger partial charge in [-0.3, -0.25) is 0 Å². The second kappa shape index (κ2) is 10.5. The molecule has 136 valence electrons. The third kappa shape index (κ3) is 7.88. The normalized spacial score (nSPS) is 25.9. The Kier molecular flexibility index (Phi) is 9.51. The summed E-state index contributed by atoms with van der Waals surface area (Å²) in [4.78, 5) is 0. The number of hydrogen-bond acceptors (Lipinski definition) is 1. The zero-order valence-electron chi connectivity index (χ0n) is 16.6. The van der Waals surface area contributed by atoms with E-state index in [-0.39, 0.29) is 0 Å². The van der Waals surface area contributed by atoms with E-state index >= 15 is 0 Å². The number of hydrogen-bond donors (Lipinski definition) is 1. The van der Waals surface area contributed by atoms with Crippen molar-refractivity contribution >= 4 is 0 Å². The predicted octanol–water partition coefficient (Wildman–Crippen LogP) is 6.43. The lowest BCUT2D eigenvalue weighted by Gasteiger charge is -2.30. The van der Waals surface area contributed by atoms with Gasteiger partial charge in [0.1, 0.15) is 0 Å². The zero-order valence-corrected chi connectivity index (χ0v) is 16.6. The molecule has 6 unspecified atom stereocenters. The van der Waals surface area contributed by atoms with Crippen LogP contribution < -0.4 is 5.73 Å². The first-order chi connectivity index (χ1) is 10.9. The van der Waals surface area contributed by atoms with Gasteiger partial charge in [0.2, 0.25) is 0 Å². The second-order valence-corrected chi connectivity index (χ2v) is 8.89. The van der Waals surface area contributed by atoms with Gasteiger partial charge in [0.25, 0.3) is 0 Å². The van der Waals surface area contributed by atoms with Crippen LogP contribution in [-0.2, 0) is 0 Å². The van der Waals surface area contributed by atoms with Gasteiger partial charge in [0.05, 0.1) is 0 Å². The Labute approximate surface area is 146 Å². The second-order valence-electron chi connectivity index (χ2n) is 8.89. The highest BCUT2D eigenvalue weighted by atomic mass is 14.7. The van der Waals surface area contributed by atoms with Crippen molar-refractivity contribution in [3.8, 4) is 0 Å². The summed E-state index contributed by atoms with van der Waals surface area (Å²) < 4.78 is 0. The molecule has 0 aromatic rings. The van der Waals surface area contributed by atoms with Crippen molar-refractivity contribution < 1.29 is 0 Å². The van der Waals surface area contributed by atoms with Gasteiger partial charge in [-0.25, -0.2) is 0 Å². The van der Waals surface area contributed by atoms with E-state index in [1.807, 2.05) is 0 Å².